The summed E-state index contributed by atoms with van der Waals surface area (Å²) in [7, 11) is 0. The van der Waals surface area contributed by atoms with Crippen LogP contribution in [-0.4, -0.2) is 9.78 Å². The van der Waals surface area contributed by atoms with Crippen molar-refractivity contribution < 1.29 is 0 Å². The van der Waals surface area contributed by atoms with Crippen LogP contribution in [0.25, 0.3) is 0 Å². The number of anilines is 2. The summed E-state index contributed by atoms with van der Waals surface area (Å²) in [4.78, 5) is 0. The molecule has 0 unspecified atom stereocenters. The summed E-state index contributed by atoms with van der Waals surface area (Å²) in [5.41, 5.74) is 11.3. The van der Waals surface area contributed by atoms with Crippen LogP contribution >= 0.6 is 0 Å². The van der Waals surface area contributed by atoms with Gasteiger partial charge in [-0.2, -0.15) is 10.4 Å². The molecule has 0 aliphatic rings. The molecule has 0 aliphatic heterocycles. The van der Waals surface area contributed by atoms with Crippen LogP contribution in [0.3, 0.4) is 0 Å². The first-order valence-corrected chi connectivity index (χ1v) is 3.72. The number of nitrogens with zero attached hydrogens (tertiary/aromatic N) is 3. The Hall–Kier alpha value is -1.70. The lowest BCUT2D eigenvalue weighted by Crippen LogP contribution is -2.04. The van der Waals surface area contributed by atoms with E-state index in [4.69, 9.17) is 16.7 Å². The molecule has 5 nitrogen and oxygen atoms in total. The highest BCUT2D eigenvalue weighted by atomic mass is 15.3. The Morgan fingerprint density at radius 3 is 2.67 bits per heavy atom. The van der Waals surface area contributed by atoms with E-state index in [2.05, 4.69) is 5.10 Å². The summed E-state index contributed by atoms with van der Waals surface area (Å²) in [5.74, 6) is 0.570. The van der Waals surface area contributed by atoms with Gasteiger partial charge in [0, 0.05) is 6.54 Å². The maximum atomic E-state index is 8.62. The summed E-state index contributed by atoms with van der Waals surface area (Å²) in [5, 5.41) is 12.5. The van der Waals surface area contributed by atoms with E-state index in [0.717, 1.165) is 6.42 Å². The van der Waals surface area contributed by atoms with E-state index >= 15 is 0 Å². The molecule has 1 aromatic heterocycles. The van der Waals surface area contributed by atoms with Gasteiger partial charge in [-0.3, -0.25) is 0 Å². The normalized spacial score (nSPS) is 9.67. The summed E-state index contributed by atoms with van der Waals surface area (Å²) in [6.07, 6.45) is 0.913. The second-order valence-corrected chi connectivity index (χ2v) is 2.48. The molecule has 1 heterocycles. The number of hydrogen-bond donors (Lipinski definition) is 2. The van der Waals surface area contributed by atoms with Crippen LogP contribution < -0.4 is 11.5 Å². The fourth-order valence-corrected chi connectivity index (χ4v) is 0.991. The third kappa shape index (κ3) is 1.19. The lowest BCUT2D eigenvalue weighted by atomic mass is 10.3. The first-order valence-electron chi connectivity index (χ1n) is 3.72. The number of rotatable bonds is 2. The average Bonchev–Trinajstić information content (AvgIpc) is 2.29. The first kappa shape index (κ1) is 8.40. The molecule has 1 rings (SSSR count). The third-order valence-electron chi connectivity index (χ3n) is 1.57. The van der Waals surface area contributed by atoms with Crippen LogP contribution in [0.5, 0.6) is 0 Å². The molecule has 0 radical (unpaired) electrons. The van der Waals surface area contributed by atoms with Gasteiger partial charge in [-0.1, -0.05) is 6.92 Å². The van der Waals surface area contributed by atoms with Crippen LogP contribution in [0.2, 0.25) is 0 Å². The minimum Gasteiger partial charge on any atom is -0.383 e. The van der Waals surface area contributed by atoms with E-state index in [0.29, 0.717) is 12.4 Å². The quantitative estimate of drug-likeness (QED) is 0.660. The van der Waals surface area contributed by atoms with Crippen molar-refractivity contribution in [1.82, 2.24) is 9.78 Å². The smallest absolute Gasteiger partial charge is 0.165 e. The highest BCUT2D eigenvalue weighted by Crippen LogP contribution is 2.17. The molecule has 0 aromatic carbocycles. The van der Waals surface area contributed by atoms with Crippen molar-refractivity contribution in [3.05, 3.63) is 5.56 Å². The maximum absolute atomic E-state index is 8.62. The Morgan fingerprint density at radius 1 is 1.58 bits per heavy atom. The van der Waals surface area contributed by atoms with Crippen LogP contribution in [0.15, 0.2) is 0 Å². The standard InChI is InChI=1S/C7H11N5/c1-2-3-12-7(10)5(4-8)6(9)11-12/h2-3,10H2,1H3,(H2,9,11). The Kier molecular flexibility index (Phi) is 2.19. The molecule has 0 fully saturated rings. The molecule has 12 heavy (non-hydrogen) atoms. The minimum absolute atomic E-state index is 0.212. The molecule has 0 saturated carbocycles. The van der Waals surface area contributed by atoms with E-state index in [9.17, 15) is 0 Å². The lowest BCUT2D eigenvalue weighted by molar-refractivity contribution is 0.613. The first-order chi connectivity index (χ1) is 5.70. The highest BCUT2D eigenvalue weighted by molar-refractivity contribution is 5.61. The van der Waals surface area contributed by atoms with Crippen molar-refractivity contribution in [2.75, 3.05) is 11.5 Å². The van der Waals surface area contributed by atoms with Gasteiger partial charge in [-0.15, -0.1) is 0 Å². The second-order valence-electron chi connectivity index (χ2n) is 2.48. The second kappa shape index (κ2) is 3.13. The van der Waals surface area contributed by atoms with Crippen LogP contribution in [-0.2, 0) is 6.54 Å². The van der Waals surface area contributed by atoms with Crippen LogP contribution in [0.1, 0.15) is 18.9 Å². The van der Waals surface area contributed by atoms with Gasteiger partial charge in [0.15, 0.2) is 5.82 Å². The van der Waals surface area contributed by atoms with Crippen molar-refractivity contribution in [3.63, 3.8) is 0 Å². The van der Waals surface area contributed by atoms with Gasteiger partial charge in [0.05, 0.1) is 0 Å². The predicted octanol–water partition coefficient (Wildman–Crippen LogP) is 0.329. The van der Waals surface area contributed by atoms with Crippen molar-refractivity contribution in [2.45, 2.75) is 19.9 Å². The largest absolute Gasteiger partial charge is 0.383 e. The van der Waals surface area contributed by atoms with Crippen molar-refractivity contribution in [3.8, 4) is 6.07 Å². The molecular formula is C7H11N5. The monoisotopic (exact) mass is 165 g/mol. The number of aryl methyl sites for hydroxylation is 1. The summed E-state index contributed by atoms with van der Waals surface area (Å²) < 4.78 is 1.55. The van der Waals surface area contributed by atoms with E-state index in [-0.39, 0.29) is 11.4 Å². The Morgan fingerprint density at radius 2 is 2.25 bits per heavy atom. The number of hydrogen-bond acceptors (Lipinski definition) is 4. The van der Waals surface area contributed by atoms with Gasteiger partial charge in [-0.25, -0.2) is 4.68 Å². The number of nitriles is 1. The molecule has 0 atom stereocenters. The SMILES string of the molecule is CCCn1nc(N)c(C#N)c1N. The summed E-state index contributed by atoms with van der Waals surface area (Å²) >= 11 is 0. The molecule has 0 amide bonds. The predicted molar refractivity (Wildman–Crippen MR) is 46.1 cm³/mol. The van der Waals surface area contributed by atoms with Crippen molar-refractivity contribution >= 4 is 11.6 Å². The number of nitrogen functional groups attached to an aromatic ring is 2. The Labute approximate surface area is 70.6 Å². The Balaban J connectivity index is 3.10. The van der Waals surface area contributed by atoms with Gasteiger partial charge in [-0.05, 0) is 6.42 Å². The van der Waals surface area contributed by atoms with Crippen molar-refractivity contribution in [1.29, 1.82) is 5.26 Å². The molecule has 64 valence electrons. The third-order valence-corrected chi connectivity index (χ3v) is 1.57. The maximum Gasteiger partial charge on any atom is 0.165 e. The molecule has 1 aromatic rings. The minimum atomic E-state index is 0.212. The molecule has 0 aliphatic carbocycles. The van der Waals surface area contributed by atoms with Gasteiger partial charge < -0.3 is 11.5 Å². The zero-order valence-corrected chi connectivity index (χ0v) is 6.91. The number of aromatic nitrogens is 2. The highest BCUT2D eigenvalue weighted by Gasteiger charge is 2.11. The van der Waals surface area contributed by atoms with E-state index < -0.39 is 0 Å². The van der Waals surface area contributed by atoms with Crippen LogP contribution in [0.4, 0.5) is 11.6 Å². The molecule has 0 bridgehead atoms. The fraction of sp³-hybridized carbons (Fsp3) is 0.429. The summed E-state index contributed by atoms with van der Waals surface area (Å²) in [6, 6.07) is 1.91. The van der Waals surface area contributed by atoms with Gasteiger partial charge in [0.25, 0.3) is 0 Å². The fourth-order valence-electron chi connectivity index (χ4n) is 0.991. The molecule has 4 N–H and O–H groups in total. The molecular weight excluding hydrogens is 154 g/mol. The van der Waals surface area contributed by atoms with Gasteiger partial charge in [0.2, 0.25) is 0 Å². The molecule has 0 spiro atoms. The molecule has 0 saturated heterocycles. The van der Waals surface area contributed by atoms with Crippen molar-refractivity contribution in [2.24, 2.45) is 0 Å². The topological polar surface area (TPSA) is 93.6 Å². The summed E-state index contributed by atoms with van der Waals surface area (Å²) in [6.45, 7) is 2.70. The van der Waals surface area contributed by atoms with E-state index in [1.165, 1.54) is 0 Å². The zero-order valence-electron chi connectivity index (χ0n) is 6.91. The molecule has 5 heteroatoms. The lowest BCUT2D eigenvalue weighted by Gasteiger charge is -1.98. The number of nitrogens with two attached hydrogens (primary N) is 2. The van der Waals surface area contributed by atoms with Crippen LogP contribution in [0, 0.1) is 11.3 Å². The van der Waals surface area contributed by atoms with E-state index in [1.807, 2.05) is 13.0 Å². The zero-order chi connectivity index (χ0) is 9.14. The average molecular weight is 165 g/mol. The Bertz CT molecular complexity index is 319. The van der Waals surface area contributed by atoms with Gasteiger partial charge in [0.1, 0.15) is 17.5 Å². The van der Waals surface area contributed by atoms with E-state index in [1.54, 1.807) is 4.68 Å². The van der Waals surface area contributed by atoms with Gasteiger partial charge >= 0.3 is 0 Å².